The van der Waals surface area contributed by atoms with Crippen molar-refractivity contribution >= 4 is 6.03 Å². The number of halogens is 3. The summed E-state index contributed by atoms with van der Waals surface area (Å²) in [6.45, 7) is 7.33. The summed E-state index contributed by atoms with van der Waals surface area (Å²) in [4.78, 5) is 13.0. The molecule has 0 aromatic heterocycles. The molecule has 17 heavy (non-hydrogen) atoms. The molecule has 102 valence electrons. The Labute approximate surface area is 100 Å². The van der Waals surface area contributed by atoms with Gasteiger partial charge >= 0.3 is 12.2 Å². The van der Waals surface area contributed by atoms with Gasteiger partial charge in [0.05, 0.1) is 0 Å². The van der Waals surface area contributed by atoms with Gasteiger partial charge in [-0.05, 0) is 11.8 Å². The third-order valence-electron chi connectivity index (χ3n) is 1.90. The van der Waals surface area contributed by atoms with Gasteiger partial charge in [0.1, 0.15) is 6.54 Å². The minimum absolute atomic E-state index is 0.227. The molecular formula is C11H21F3N2O. The quantitative estimate of drug-likeness (QED) is 0.804. The molecular weight excluding hydrogens is 233 g/mol. The van der Waals surface area contributed by atoms with E-state index in [9.17, 15) is 18.0 Å². The number of carbonyl (C=O) groups excluding carboxylic acids is 1. The Hall–Kier alpha value is -0.940. The van der Waals surface area contributed by atoms with E-state index in [1.54, 1.807) is 0 Å². The van der Waals surface area contributed by atoms with E-state index >= 15 is 0 Å². The summed E-state index contributed by atoms with van der Waals surface area (Å²) in [7, 11) is 0. The first-order valence-corrected chi connectivity index (χ1v) is 5.71. The Balaban J connectivity index is 4.32. The Morgan fingerprint density at radius 2 is 1.53 bits per heavy atom. The molecule has 0 unspecified atom stereocenters. The molecule has 0 heterocycles. The van der Waals surface area contributed by atoms with Gasteiger partial charge in [-0.2, -0.15) is 13.2 Å². The summed E-state index contributed by atoms with van der Waals surface area (Å²) in [5, 5.41) is 1.90. The van der Waals surface area contributed by atoms with E-state index in [1.807, 2.05) is 33.0 Å². The zero-order valence-electron chi connectivity index (χ0n) is 10.8. The normalized spacial score (nSPS) is 12.1. The molecule has 3 nitrogen and oxygen atoms in total. The van der Waals surface area contributed by atoms with Crippen LogP contribution >= 0.6 is 0 Å². The van der Waals surface area contributed by atoms with Crippen molar-refractivity contribution in [2.45, 2.75) is 33.9 Å². The maximum Gasteiger partial charge on any atom is 0.405 e. The van der Waals surface area contributed by atoms with Crippen molar-refractivity contribution in [3.63, 3.8) is 0 Å². The predicted molar refractivity (Wildman–Crippen MR) is 60.7 cm³/mol. The van der Waals surface area contributed by atoms with Gasteiger partial charge in [-0.15, -0.1) is 0 Å². The molecule has 0 aromatic rings. The fraction of sp³-hybridized carbons (Fsp3) is 0.909. The van der Waals surface area contributed by atoms with Crippen LogP contribution in [0, 0.1) is 11.8 Å². The fourth-order valence-electron chi connectivity index (χ4n) is 1.41. The van der Waals surface area contributed by atoms with Gasteiger partial charge in [0.2, 0.25) is 0 Å². The second-order valence-electron chi connectivity index (χ2n) is 4.97. The maximum absolute atomic E-state index is 12.0. The van der Waals surface area contributed by atoms with E-state index in [1.165, 1.54) is 4.90 Å². The zero-order chi connectivity index (χ0) is 13.6. The largest absolute Gasteiger partial charge is 0.405 e. The molecule has 0 bridgehead atoms. The molecule has 6 heteroatoms. The minimum Gasteiger partial charge on any atom is -0.329 e. The van der Waals surface area contributed by atoms with Crippen LogP contribution in [-0.4, -0.2) is 36.7 Å². The second kappa shape index (κ2) is 6.71. The molecule has 0 atom stereocenters. The Morgan fingerprint density at radius 1 is 1.12 bits per heavy atom. The van der Waals surface area contributed by atoms with E-state index in [0.29, 0.717) is 13.1 Å². The summed E-state index contributed by atoms with van der Waals surface area (Å²) in [6.07, 6.45) is -4.36. The summed E-state index contributed by atoms with van der Waals surface area (Å²) in [5.74, 6) is 0.454. The molecule has 0 radical (unpaired) electrons. The molecule has 0 spiro atoms. The summed E-state index contributed by atoms with van der Waals surface area (Å²) in [6, 6.07) is -0.648. The third kappa shape index (κ3) is 8.83. The number of nitrogens with zero attached hydrogens (tertiary/aromatic N) is 1. The second-order valence-corrected chi connectivity index (χ2v) is 4.97. The van der Waals surface area contributed by atoms with E-state index in [-0.39, 0.29) is 11.8 Å². The lowest BCUT2D eigenvalue weighted by atomic mass is 10.1. The predicted octanol–water partition coefficient (Wildman–Crippen LogP) is 2.87. The van der Waals surface area contributed by atoms with Crippen molar-refractivity contribution in [1.82, 2.24) is 10.2 Å². The van der Waals surface area contributed by atoms with Gasteiger partial charge in [-0.3, -0.25) is 0 Å². The zero-order valence-corrected chi connectivity index (χ0v) is 10.8. The first-order valence-electron chi connectivity index (χ1n) is 5.71. The third-order valence-corrected chi connectivity index (χ3v) is 1.90. The standard InChI is InChI=1S/C11H21F3N2O/c1-8(2)5-16(6-9(3)4)10(17)15-7-11(12,13)14/h8-9H,5-7H2,1-4H3,(H,15,17). The lowest BCUT2D eigenvalue weighted by Crippen LogP contribution is -2.46. The van der Waals surface area contributed by atoms with Crippen molar-refractivity contribution < 1.29 is 18.0 Å². The number of alkyl halides is 3. The highest BCUT2D eigenvalue weighted by atomic mass is 19.4. The molecule has 0 fully saturated rings. The molecule has 1 N–H and O–H groups in total. The minimum atomic E-state index is -4.36. The van der Waals surface area contributed by atoms with Crippen LogP contribution in [0.5, 0.6) is 0 Å². The van der Waals surface area contributed by atoms with Crippen LogP contribution in [-0.2, 0) is 0 Å². The fourth-order valence-corrected chi connectivity index (χ4v) is 1.41. The monoisotopic (exact) mass is 254 g/mol. The van der Waals surface area contributed by atoms with Crippen LogP contribution in [0.15, 0.2) is 0 Å². The van der Waals surface area contributed by atoms with Gasteiger partial charge in [0.25, 0.3) is 0 Å². The SMILES string of the molecule is CC(C)CN(CC(C)C)C(=O)NCC(F)(F)F. The molecule has 0 aliphatic rings. The van der Waals surface area contributed by atoms with Crippen LogP contribution < -0.4 is 5.32 Å². The Bertz CT molecular complexity index is 229. The molecule has 0 aromatic carbocycles. The van der Waals surface area contributed by atoms with Crippen molar-refractivity contribution in [2.24, 2.45) is 11.8 Å². The number of amides is 2. The number of hydrogen-bond donors (Lipinski definition) is 1. The van der Waals surface area contributed by atoms with Crippen molar-refractivity contribution in [3.8, 4) is 0 Å². The lowest BCUT2D eigenvalue weighted by molar-refractivity contribution is -0.123. The van der Waals surface area contributed by atoms with Gasteiger partial charge in [0, 0.05) is 13.1 Å². The number of urea groups is 1. The summed E-state index contributed by atoms with van der Waals surface area (Å²) >= 11 is 0. The number of nitrogens with one attached hydrogen (secondary N) is 1. The van der Waals surface area contributed by atoms with E-state index in [2.05, 4.69) is 0 Å². The average Bonchev–Trinajstić information content (AvgIpc) is 2.10. The van der Waals surface area contributed by atoms with Crippen LogP contribution in [0.2, 0.25) is 0 Å². The first kappa shape index (κ1) is 16.1. The van der Waals surface area contributed by atoms with E-state index in [4.69, 9.17) is 0 Å². The highest BCUT2D eigenvalue weighted by Gasteiger charge is 2.29. The number of rotatable bonds is 5. The Kier molecular flexibility index (Phi) is 6.34. The average molecular weight is 254 g/mol. The van der Waals surface area contributed by atoms with E-state index < -0.39 is 18.8 Å². The molecule has 0 saturated heterocycles. The van der Waals surface area contributed by atoms with Crippen LogP contribution in [0.3, 0.4) is 0 Å². The van der Waals surface area contributed by atoms with Crippen LogP contribution in [0.4, 0.5) is 18.0 Å². The topological polar surface area (TPSA) is 32.3 Å². The molecule has 2 amide bonds. The smallest absolute Gasteiger partial charge is 0.329 e. The van der Waals surface area contributed by atoms with Gasteiger partial charge in [-0.1, -0.05) is 27.7 Å². The summed E-state index contributed by atoms with van der Waals surface area (Å²) in [5.41, 5.74) is 0. The van der Waals surface area contributed by atoms with E-state index in [0.717, 1.165) is 0 Å². The van der Waals surface area contributed by atoms with Crippen LogP contribution in [0.1, 0.15) is 27.7 Å². The molecule has 0 aliphatic carbocycles. The Morgan fingerprint density at radius 3 is 1.82 bits per heavy atom. The lowest BCUT2D eigenvalue weighted by Gasteiger charge is -2.26. The van der Waals surface area contributed by atoms with Gasteiger partial charge in [0.15, 0.2) is 0 Å². The molecule has 0 saturated carbocycles. The highest BCUT2D eigenvalue weighted by Crippen LogP contribution is 2.12. The van der Waals surface area contributed by atoms with Crippen molar-refractivity contribution in [1.29, 1.82) is 0 Å². The summed E-state index contributed by atoms with van der Waals surface area (Å²) < 4.78 is 35.9. The maximum atomic E-state index is 12.0. The highest BCUT2D eigenvalue weighted by molar-refractivity contribution is 5.74. The van der Waals surface area contributed by atoms with Gasteiger partial charge in [-0.25, -0.2) is 4.79 Å². The first-order chi connectivity index (χ1) is 7.61. The molecule has 0 rings (SSSR count). The molecule has 0 aliphatic heterocycles. The van der Waals surface area contributed by atoms with Gasteiger partial charge < -0.3 is 10.2 Å². The van der Waals surface area contributed by atoms with Crippen LogP contribution in [0.25, 0.3) is 0 Å². The van der Waals surface area contributed by atoms with Crippen molar-refractivity contribution in [3.05, 3.63) is 0 Å². The van der Waals surface area contributed by atoms with Crippen molar-refractivity contribution in [2.75, 3.05) is 19.6 Å². The number of carbonyl (C=O) groups is 1. The number of hydrogen-bond acceptors (Lipinski definition) is 1.